The van der Waals surface area contributed by atoms with Gasteiger partial charge < -0.3 is 0 Å². The van der Waals surface area contributed by atoms with Crippen LogP contribution in [0.1, 0.15) is 41.6 Å². The first kappa shape index (κ1) is 15.9. The first-order chi connectivity index (χ1) is 11.2. The van der Waals surface area contributed by atoms with Crippen molar-refractivity contribution in [2.24, 2.45) is 0 Å². The molecular weight excluding hydrogens is 289 g/mol. The maximum absolute atomic E-state index is 13.0. The lowest BCUT2D eigenvalue weighted by Gasteiger charge is -2.35. The first-order valence-electron chi connectivity index (χ1n) is 8.29. The van der Waals surface area contributed by atoms with Crippen LogP contribution >= 0.6 is 0 Å². The monoisotopic (exact) mass is 311 g/mol. The Bertz CT molecular complexity index is 638. The highest BCUT2D eigenvalue weighted by Gasteiger charge is 2.25. The van der Waals surface area contributed by atoms with Crippen molar-refractivity contribution in [2.75, 3.05) is 6.54 Å². The summed E-state index contributed by atoms with van der Waals surface area (Å²) < 4.78 is 13.0. The van der Waals surface area contributed by atoms with Crippen LogP contribution in [-0.2, 0) is 6.54 Å². The molecule has 0 bridgehead atoms. The van der Waals surface area contributed by atoms with Crippen LogP contribution in [0.25, 0.3) is 0 Å². The van der Waals surface area contributed by atoms with E-state index in [4.69, 9.17) is 0 Å². The number of piperidine rings is 1. The number of benzene rings is 2. The van der Waals surface area contributed by atoms with Crippen LogP contribution < -0.4 is 0 Å². The summed E-state index contributed by atoms with van der Waals surface area (Å²) >= 11 is 0. The fourth-order valence-electron chi connectivity index (χ4n) is 3.28. The van der Waals surface area contributed by atoms with Crippen LogP contribution in [0.5, 0.6) is 0 Å². The molecule has 23 heavy (non-hydrogen) atoms. The second-order valence-electron chi connectivity index (χ2n) is 6.24. The molecule has 0 radical (unpaired) electrons. The quantitative estimate of drug-likeness (QED) is 0.760. The number of Topliss-reactive ketones (excluding diaryl/α,β-unsaturated/α-hetero) is 1. The molecule has 1 fully saturated rings. The van der Waals surface area contributed by atoms with Gasteiger partial charge in [-0.15, -0.1) is 0 Å². The van der Waals surface area contributed by atoms with Crippen molar-refractivity contribution in [2.45, 2.75) is 38.3 Å². The molecule has 3 heteroatoms. The van der Waals surface area contributed by atoms with Gasteiger partial charge in [0.25, 0.3) is 0 Å². The molecule has 0 N–H and O–H groups in total. The molecule has 2 nitrogen and oxygen atoms in total. The zero-order valence-electron chi connectivity index (χ0n) is 13.2. The number of likely N-dealkylation sites (tertiary alicyclic amines) is 1. The summed E-state index contributed by atoms with van der Waals surface area (Å²) in [4.78, 5) is 14.9. The third-order valence-corrected chi connectivity index (χ3v) is 4.56. The summed E-state index contributed by atoms with van der Waals surface area (Å²) in [5.41, 5.74) is 1.89. The predicted octanol–water partition coefficient (Wildman–Crippen LogP) is 4.45. The second-order valence-corrected chi connectivity index (χ2v) is 6.24. The highest BCUT2D eigenvalue weighted by Crippen LogP contribution is 2.23. The fraction of sp³-hybridized carbons (Fsp3) is 0.350. The lowest BCUT2D eigenvalue weighted by molar-refractivity contribution is 0.0855. The fourth-order valence-corrected chi connectivity index (χ4v) is 3.28. The highest BCUT2D eigenvalue weighted by atomic mass is 19.1. The molecule has 1 aliphatic heterocycles. The largest absolute Gasteiger partial charge is 0.296 e. The van der Waals surface area contributed by atoms with E-state index in [2.05, 4.69) is 29.2 Å². The maximum Gasteiger partial charge on any atom is 0.164 e. The summed E-state index contributed by atoms with van der Waals surface area (Å²) in [5, 5.41) is 0. The zero-order valence-corrected chi connectivity index (χ0v) is 13.2. The molecule has 1 atom stereocenters. The van der Waals surface area contributed by atoms with Crippen LogP contribution in [0.15, 0.2) is 54.6 Å². The molecule has 3 rings (SSSR count). The Morgan fingerprint density at radius 3 is 2.52 bits per heavy atom. The van der Waals surface area contributed by atoms with Crippen molar-refractivity contribution in [1.82, 2.24) is 4.90 Å². The number of ketones is 1. The Morgan fingerprint density at radius 2 is 1.78 bits per heavy atom. The van der Waals surface area contributed by atoms with Gasteiger partial charge in [0.2, 0.25) is 0 Å². The van der Waals surface area contributed by atoms with Crippen molar-refractivity contribution in [1.29, 1.82) is 0 Å². The minimum absolute atomic E-state index is 0.106. The Morgan fingerprint density at radius 1 is 1.04 bits per heavy atom. The molecule has 0 unspecified atom stereocenters. The summed E-state index contributed by atoms with van der Waals surface area (Å²) in [5.74, 6) is -0.195. The molecule has 0 aliphatic carbocycles. The van der Waals surface area contributed by atoms with E-state index in [0.29, 0.717) is 12.0 Å². The van der Waals surface area contributed by atoms with Crippen molar-refractivity contribution < 1.29 is 9.18 Å². The van der Waals surface area contributed by atoms with Gasteiger partial charge in [-0.25, -0.2) is 4.39 Å². The number of carbonyl (C=O) groups excluding carboxylic acids is 1. The average molecular weight is 311 g/mol. The van der Waals surface area contributed by atoms with Crippen molar-refractivity contribution in [3.05, 3.63) is 71.5 Å². The molecule has 0 saturated carbocycles. The molecule has 2 aromatic carbocycles. The predicted molar refractivity (Wildman–Crippen MR) is 89.8 cm³/mol. The number of halogens is 1. The Hall–Kier alpha value is -2.00. The van der Waals surface area contributed by atoms with Gasteiger partial charge >= 0.3 is 0 Å². The minimum atomic E-state index is -0.301. The van der Waals surface area contributed by atoms with Gasteiger partial charge in [0.15, 0.2) is 5.78 Å². The number of hydrogen-bond acceptors (Lipinski definition) is 2. The molecular formula is C20H22FNO. The van der Waals surface area contributed by atoms with Gasteiger partial charge in [0.05, 0.1) is 0 Å². The lowest BCUT2D eigenvalue weighted by Crippen LogP contribution is -2.40. The average Bonchev–Trinajstić information content (AvgIpc) is 2.58. The lowest BCUT2D eigenvalue weighted by atomic mass is 9.94. The van der Waals surface area contributed by atoms with Gasteiger partial charge in [0, 0.05) is 24.6 Å². The number of hydrogen-bond donors (Lipinski definition) is 0. The Balaban J connectivity index is 1.66. The second kappa shape index (κ2) is 7.51. The van der Waals surface area contributed by atoms with E-state index in [1.807, 2.05) is 6.07 Å². The summed E-state index contributed by atoms with van der Waals surface area (Å²) in [6.45, 7) is 1.93. The normalized spacial score (nSPS) is 18.7. The third-order valence-electron chi connectivity index (χ3n) is 4.56. The van der Waals surface area contributed by atoms with Crippen molar-refractivity contribution >= 4 is 5.78 Å². The minimum Gasteiger partial charge on any atom is -0.296 e. The SMILES string of the molecule is O=C(C[C@@H]1CCCCN1Cc1ccccc1)c1ccc(F)cc1. The van der Waals surface area contributed by atoms with Gasteiger partial charge in [-0.05, 0) is 49.2 Å². The number of carbonyl (C=O) groups is 1. The zero-order chi connectivity index (χ0) is 16.1. The Kier molecular flexibility index (Phi) is 5.19. The van der Waals surface area contributed by atoms with Crippen molar-refractivity contribution in [3.63, 3.8) is 0 Å². The molecule has 120 valence electrons. The van der Waals surface area contributed by atoms with E-state index in [1.54, 1.807) is 12.1 Å². The van der Waals surface area contributed by atoms with Crippen LogP contribution in [-0.4, -0.2) is 23.3 Å². The number of rotatable bonds is 5. The van der Waals surface area contributed by atoms with Gasteiger partial charge in [0.1, 0.15) is 5.82 Å². The number of nitrogens with zero attached hydrogens (tertiary/aromatic N) is 1. The van der Waals surface area contributed by atoms with Crippen LogP contribution in [0.3, 0.4) is 0 Å². The van der Waals surface area contributed by atoms with E-state index >= 15 is 0 Å². The smallest absolute Gasteiger partial charge is 0.164 e. The Labute approximate surface area is 136 Å². The van der Waals surface area contributed by atoms with Crippen molar-refractivity contribution in [3.8, 4) is 0 Å². The molecule has 1 saturated heterocycles. The summed E-state index contributed by atoms with van der Waals surface area (Å²) in [6.07, 6.45) is 3.93. The first-order valence-corrected chi connectivity index (χ1v) is 8.29. The molecule has 1 aliphatic rings. The highest BCUT2D eigenvalue weighted by molar-refractivity contribution is 5.96. The summed E-state index contributed by atoms with van der Waals surface area (Å²) in [6, 6.07) is 16.6. The van der Waals surface area contributed by atoms with Crippen LogP contribution in [0.4, 0.5) is 4.39 Å². The van der Waals surface area contributed by atoms with Crippen LogP contribution in [0.2, 0.25) is 0 Å². The van der Waals surface area contributed by atoms with Gasteiger partial charge in [-0.1, -0.05) is 36.8 Å². The van der Waals surface area contributed by atoms with E-state index in [9.17, 15) is 9.18 Å². The molecule has 1 heterocycles. The summed E-state index contributed by atoms with van der Waals surface area (Å²) in [7, 11) is 0. The van der Waals surface area contributed by atoms with Crippen LogP contribution in [0, 0.1) is 5.82 Å². The van der Waals surface area contributed by atoms with Gasteiger partial charge in [-0.2, -0.15) is 0 Å². The van der Waals surface area contributed by atoms with Gasteiger partial charge in [-0.3, -0.25) is 9.69 Å². The van der Waals surface area contributed by atoms with E-state index in [0.717, 1.165) is 19.5 Å². The molecule has 2 aromatic rings. The topological polar surface area (TPSA) is 20.3 Å². The molecule has 0 aromatic heterocycles. The van der Waals surface area contributed by atoms with E-state index < -0.39 is 0 Å². The van der Waals surface area contributed by atoms with E-state index in [-0.39, 0.29) is 17.6 Å². The standard InChI is InChI=1S/C20H22FNO/c21-18-11-9-17(10-12-18)20(23)14-19-8-4-5-13-22(19)15-16-6-2-1-3-7-16/h1-3,6-7,9-12,19H,4-5,8,13-15H2/t19-/m0/s1. The van der Waals surface area contributed by atoms with E-state index in [1.165, 1.54) is 30.5 Å². The molecule has 0 amide bonds. The maximum atomic E-state index is 13.0. The third kappa shape index (κ3) is 4.26. The molecule has 0 spiro atoms.